The number of rotatable bonds is 8. The van der Waals surface area contributed by atoms with Gasteiger partial charge in [0, 0.05) is 31.1 Å². The SMILES string of the molecule is CCCn1c(N)c(N(CCOC)C(=O)Cc2coc3cc(C)c(C)cc23)c(=O)[nH]c1=O. The van der Waals surface area contributed by atoms with Gasteiger partial charge in [-0.3, -0.25) is 19.1 Å². The number of aromatic nitrogens is 2. The Labute approximate surface area is 179 Å². The Hall–Kier alpha value is -3.33. The number of hydrogen-bond donors (Lipinski definition) is 2. The van der Waals surface area contributed by atoms with Gasteiger partial charge in [0.25, 0.3) is 5.56 Å². The third kappa shape index (κ3) is 4.41. The van der Waals surface area contributed by atoms with Crippen LogP contribution in [0.2, 0.25) is 0 Å². The normalized spacial score (nSPS) is 11.2. The van der Waals surface area contributed by atoms with Crippen molar-refractivity contribution in [2.45, 2.75) is 40.2 Å². The van der Waals surface area contributed by atoms with Crippen LogP contribution in [0, 0.1) is 13.8 Å². The number of nitrogens with one attached hydrogen (secondary N) is 1. The predicted molar refractivity (Wildman–Crippen MR) is 120 cm³/mol. The van der Waals surface area contributed by atoms with Crippen LogP contribution >= 0.6 is 0 Å². The molecule has 0 bridgehead atoms. The lowest BCUT2D eigenvalue weighted by atomic mass is 10.0. The number of H-pyrrole nitrogens is 1. The Kier molecular flexibility index (Phi) is 6.65. The van der Waals surface area contributed by atoms with Crippen molar-refractivity contribution in [2.75, 3.05) is 30.9 Å². The molecule has 0 unspecified atom stereocenters. The molecule has 1 aromatic carbocycles. The zero-order valence-electron chi connectivity index (χ0n) is 18.3. The second kappa shape index (κ2) is 9.22. The molecule has 0 radical (unpaired) electrons. The van der Waals surface area contributed by atoms with Crippen LogP contribution in [0.5, 0.6) is 0 Å². The molecule has 31 heavy (non-hydrogen) atoms. The lowest BCUT2D eigenvalue weighted by Gasteiger charge is -2.24. The average Bonchev–Trinajstić information content (AvgIpc) is 3.09. The van der Waals surface area contributed by atoms with Crippen molar-refractivity contribution in [3.05, 3.63) is 55.9 Å². The zero-order chi connectivity index (χ0) is 22.7. The molecule has 0 spiro atoms. The highest BCUT2D eigenvalue weighted by Crippen LogP contribution is 2.26. The van der Waals surface area contributed by atoms with Crippen LogP contribution in [-0.4, -0.2) is 35.7 Å². The zero-order valence-corrected chi connectivity index (χ0v) is 18.3. The smallest absolute Gasteiger partial charge is 0.330 e. The summed E-state index contributed by atoms with van der Waals surface area (Å²) in [4.78, 5) is 41.6. The average molecular weight is 428 g/mol. The van der Waals surface area contributed by atoms with Crippen molar-refractivity contribution in [1.82, 2.24) is 9.55 Å². The summed E-state index contributed by atoms with van der Waals surface area (Å²) in [5, 5.41) is 0.848. The van der Waals surface area contributed by atoms with Gasteiger partial charge < -0.3 is 19.8 Å². The Morgan fingerprint density at radius 3 is 2.65 bits per heavy atom. The van der Waals surface area contributed by atoms with Gasteiger partial charge in [0.05, 0.1) is 19.3 Å². The minimum Gasteiger partial charge on any atom is -0.464 e. The van der Waals surface area contributed by atoms with E-state index in [1.807, 2.05) is 32.9 Å². The number of hydrogen-bond acceptors (Lipinski definition) is 6. The summed E-state index contributed by atoms with van der Waals surface area (Å²) < 4.78 is 12.0. The molecule has 0 aliphatic rings. The third-order valence-corrected chi connectivity index (χ3v) is 5.36. The van der Waals surface area contributed by atoms with Gasteiger partial charge in [-0.25, -0.2) is 4.79 Å². The molecule has 0 atom stereocenters. The predicted octanol–water partition coefficient (Wildman–Crippen LogP) is 2.11. The van der Waals surface area contributed by atoms with E-state index in [9.17, 15) is 14.4 Å². The van der Waals surface area contributed by atoms with Gasteiger partial charge >= 0.3 is 5.69 Å². The molecule has 166 valence electrons. The van der Waals surface area contributed by atoms with Crippen LogP contribution in [-0.2, 0) is 22.5 Å². The minimum atomic E-state index is -0.706. The Bertz CT molecular complexity index is 1220. The van der Waals surface area contributed by atoms with Gasteiger partial charge in [-0.05, 0) is 43.5 Å². The molecule has 2 heterocycles. The Morgan fingerprint density at radius 2 is 1.97 bits per heavy atom. The second-order valence-corrected chi connectivity index (χ2v) is 7.55. The summed E-state index contributed by atoms with van der Waals surface area (Å²) in [5.41, 5.74) is 8.41. The van der Waals surface area contributed by atoms with Crippen LogP contribution in [0.25, 0.3) is 11.0 Å². The van der Waals surface area contributed by atoms with Crippen LogP contribution in [0.4, 0.5) is 11.5 Å². The monoisotopic (exact) mass is 428 g/mol. The van der Waals surface area contributed by atoms with E-state index in [0.717, 1.165) is 16.5 Å². The van der Waals surface area contributed by atoms with E-state index in [-0.39, 0.29) is 37.0 Å². The first-order valence-corrected chi connectivity index (χ1v) is 10.2. The number of nitrogens with zero attached hydrogens (tertiary/aromatic N) is 2. The quantitative estimate of drug-likeness (QED) is 0.566. The van der Waals surface area contributed by atoms with Crippen LogP contribution in [0.1, 0.15) is 30.0 Å². The first kappa shape index (κ1) is 22.4. The van der Waals surface area contributed by atoms with E-state index in [0.29, 0.717) is 24.1 Å². The first-order chi connectivity index (χ1) is 14.8. The number of methoxy groups -OCH3 is 1. The van der Waals surface area contributed by atoms with Crippen LogP contribution in [0.3, 0.4) is 0 Å². The number of fused-ring (bicyclic) bond motifs is 1. The number of ether oxygens (including phenoxy) is 1. The maximum Gasteiger partial charge on any atom is 0.330 e. The lowest BCUT2D eigenvalue weighted by Crippen LogP contribution is -2.43. The molecule has 2 aromatic heterocycles. The van der Waals surface area contributed by atoms with Crippen molar-refractivity contribution in [2.24, 2.45) is 0 Å². The molecule has 9 heteroatoms. The van der Waals surface area contributed by atoms with E-state index in [1.165, 1.54) is 16.6 Å². The van der Waals surface area contributed by atoms with E-state index >= 15 is 0 Å². The van der Waals surface area contributed by atoms with E-state index in [4.69, 9.17) is 14.9 Å². The molecule has 0 fully saturated rings. The van der Waals surface area contributed by atoms with Gasteiger partial charge in [0.1, 0.15) is 11.4 Å². The van der Waals surface area contributed by atoms with Gasteiger partial charge in [0.2, 0.25) is 5.91 Å². The summed E-state index contributed by atoms with van der Waals surface area (Å²) in [6.45, 7) is 6.51. The van der Waals surface area contributed by atoms with Crippen molar-refractivity contribution in [3.8, 4) is 0 Å². The van der Waals surface area contributed by atoms with E-state index in [2.05, 4.69) is 4.98 Å². The Morgan fingerprint density at radius 1 is 1.26 bits per heavy atom. The first-order valence-electron chi connectivity index (χ1n) is 10.2. The topological polar surface area (TPSA) is 124 Å². The number of carbonyl (C=O) groups is 1. The molecular weight excluding hydrogens is 400 g/mol. The van der Waals surface area contributed by atoms with Gasteiger partial charge in [-0.15, -0.1) is 0 Å². The van der Waals surface area contributed by atoms with E-state index in [1.54, 1.807) is 6.26 Å². The molecule has 0 saturated heterocycles. The number of amides is 1. The molecule has 1 amide bonds. The molecule has 0 aliphatic heterocycles. The number of furan rings is 1. The van der Waals surface area contributed by atoms with Crippen LogP contribution < -0.4 is 21.9 Å². The molecular formula is C22H28N4O5. The van der Waals surface area contributed by atoms with Crippen molar-refractivity contribution < 1.29 is 13.9 Å². The number of carbonyl (C=O) groups excluding carboxylic acids is 1. The number of nitrogens with two attached hydrogens (primary N) is 1. The molecule has 3 N–H and O–H groups in total. The number of anilines is 2. The van der Waals surface area contributed by atoms with Crippen LogP contribution in [0.15, 0.2) is 32.4 Å². The summed E-state index contributed by atoms with van der Waals surface area (Å²) in [7, 11) is 1.50. The molecule has 3 rings (SSSR count). The number of nitrogen functional groups attached to an aromatic ring is 1. The molecule has 0 aliphatic carbocycles. The molecule has 0 saturated carbocycles. The maximum atomic E-state index is 13.3. The molecule has 9 nitrogen and oxygen atoms in total. The number of benzene rings is 1. The van der Waals surface area contributed by atoms with Crippen molar-refractivity contribution in [3.63, 3.8) is 0 Å². The van der Waals surface area contributed by atoms with Crippen molar-refractivity contribution >= 4 is 28.4 Å². The summed E-state index contributed by atoms with van der Waals surface area (Å²) >= 11 is 0. The van der Waals surface area contributed by atoms with Gasteiger partial charge in [-0.2, -0.15) is 0 Å². The highest BCUT2D eigenvalue weighted by atomic mass is 16.5. The highest BCUT2D eigenvalue weighted by molar-refractivity contribution is 5.99. The summed E-state index contributed by atoms with van der Waals surface area (Å²) in [5.74, 6) is -0.388. The fraction of sp³-hybridized carbons (Fsp3) is 0.409. The minimum absolute atomic E-state index is 0.00496. The largest absolute Gasteiger partial charge is 0.464 e. The van der Waals surface area contributed by atoms with Crippen molar-refractivity contribution in [1.29, 1.82) is 0 Å². The summed E-state index contributed by atoms with van der Waals surface area (Å²) in [6, 6.07) is 3.92. The van der Waals surface area contributed by atoms with Gasteiger partial charge in [-0.1, -0.05) is 6.92 Å². The molecule has 3 aromatic rings. The fourth-order valence-corrected chi connectivity index (χ4v) is 3.56. The highest BCUT2D eigenvalue weighted by Gasteiger charge is 2.25. The maximum absolute atomic E-state index is 13.3. The van der Waals surface area contributed by atoms with E-state index < -0.39 is 11.2 Å². The van der Waals surface area contributed by atoms with Gasteiger partial charge in [0.15, 0.2) is 5.69 Å². The summed E-state index contributed by atoms with van der Waals surface area (Å²) in [6.07, 6.45) is 2.20. The fourth-order valence-electron chi connectivity index (χ4n) is 3.56. The number of aryl methyl sites for hydroxylation is 2. The second-order valence-electron chi connectivity index (χ2n) is 7.55. The standard InChI is InChI=1S/C22H28N4O5/c1-5-6-26-20(23)19(21(28)24-22(26)29)25(7-8-30-4)18(27)11-15-12-31-17-10-14(3)13(2)9-16(15)17/h9-10,12H,5-8,11,23H2,1-4H3,(H,24,28,29). The Balaban J connectivity index is 2.03. The lowest BCUT2D eigenvalue weighted by molar-refractivity contribution is -0.118. The third-order valence-electron chi connectivity index (χ3n) is 5.36. The number of aromatic amines is 1.